The van der Waals surface area contributed by atoms with Gasteiger partial charge in [-0.3, -0.25) is 13.9 Å². The predicted octanol–water partition coefficient (Wildman–Crippen LogP) is 6.28. The number of hydrogen-bond donors (Lipinski definition) is 1. The summed E-state index contributed by atoms with van der Waals surface area (Å²) < 4.78 is 29.8. The third-order valence-corrected chi connectivity index (χ3v) is 9.55. The lowest BCUT2D eigenvalue weighted by atomic mass is 10.0. The van der Waals surface area contributed by atoms with Gasteiger partial charge in [0.1, 0.15) is 12.6 Å². The molecule has 7 nitrogen and oxygen atoms in total. The van der Waals surface area contributed by atoms with Crippen molar-refractivity contribution in [2.45, 2.75) is 64.9 Å². The molecule has 45 heavy (non-hydrogen) atoms. The number of anilines is 1. The number of nitrogens with one attached hydrogen (secondary N) is 1. The van der Waals surface area contributed by atoms with Crippen molar-refractivity contribution in [1.29, 1.82) is 0 Å². The zero-order valence-electron chi connectivity index (χ0n) is 26.8. The molecular formula is C37H43N3O4S. The first-order valence-electron chi connectivity index (χ1n) is 15.3. The second-order valence-electron chi connectivity index (χ2n) is 11.6. The van der Waals surface area contributed by atoms with E-state index in [1.807, 2.05) is 101 Å². The summed E-state index contributed by atoms with van der Waals surface area (Å²) in [5, 5.41) is 2.98. The van der Waals surface area contributed by atoms with E-state index in [0.717, 1.165) is 39.8 Å². The fraction of sp³-hybridized carbons (Fsp3) is 0.297. The molecule has 4 rings (SSSR count). The number of sulfonamides is 1. The Morgan fingerprint density at radius 2 is 1.40 bits per heavy atom. The van der Waals surface area contributed by atoms with Gasteiger partial charge in [0.2, 0.25) is 11.8 Å². The van der Waals surface area contributed by atoms with Crippen molar-refractivity contribution in [3.05, 3.63) is 130 Å². The zero-order chi connectivity index (χ0) is 32.6. The fourth-order valence-corrected chi connectivity index (χ4v) is 6.74. The van der Waals surface area contributed by atoms with Crippen molar-refractivity contribution >= 4 is 27.5 Å². The molecule has 2 amide bonds. The first kappa shape index (κ1) is 33.5. The van der Waals surface area contributed by atoms with E-state index in [0.29, 0.717) is 12.2 Å². The smallest absolute Gasteiger partial charge is 0.264 e. The van der Waals surface area contributed by atoms with Crippen LogP contribution < -0.4 is 9.62 Å². The molecule has 1 N–H and O–H groups in total. The number of nitrogens with zero attached hydrogens (tertiary/aromatic N) is 2. The Morgan fingerprint density at radius 3 is 2.07 bits per heavy atom. The molecule has 236 valence electrons. The quantitative estimate of drug-likeness (QED) is 0.190. The summed E-state index contributed by atoms with van der Waals surface area (Å²) in [5.41, 5.74) is 5.71. The van der Waals surface area contributed by atoms with E-state index in [-0.39, 0.29) is 23.8 Å². The van der Waals surface area contributed by atoms with Crippen LogP contribution in [0.3, 0.4) is 0 Å². The van der Waals surface area contributed by atoms with Crippen molar-refractivity contribution in [1.82, 2.24) is 10.2 Å². The molecule has 0 fully saturated rings. The Kier molecular flexibility index (Phi) is 11.2. The Bertz CT molecular complexity index is 1720. The van der Waals surface area contributed by atoms with Gasteiger partial charge in [-0.05, 0) is 74.6 Å². The van der Waals surface area contributed by atoms with E-state index in [1.165, 1.54) is 9.21 Å². The van der Waals surface area contributed by atoms with Crippen LogP contribution in [0.5, 0.6) is 0 Å². The molecule has 0 bridgehead atoms. The summed E-state index contributed by atoms with van der Waals surface area (Å²) in [6.07, 6.45) is 1.02. The van der Waals surface area contributed by atoms with Gasteiger partial charge in [-0.15, -0.1) is 0 Å². The van der Waals surface area contributed by atoms with Gasteiger partial charge in [0.15, 0.2) is 0 Å². The van der Waals surface area contributed by atoms with Crippen molar-refractivity contribution < 1.29 is 18.0 Å². The highest BCUT2D eigenvalue weighted by Crippen LogP contribution is 2.29. The average Bonchev–Trinajstić information content (AvgIpc) is 3.02. The zero-order valence-corrected chi connectivity index (χ0v) is 27.6. The first-order valence-corrected chi connectivity index (χ1v) is 16.8. The van der Waals surface area contributed by atoms with Crippen LogP contribution in [-0.4, -0.2) is 44.3 Å². The summed E-state index contributed by atoms with van der Waals surface area (Å²) in [7, 11) is -4.15. The second-order valence-corrected chi connectivity index (χ2v) is 13.5. The third kappa shape index (κ3) is 8.60. The first-order chi connectivity index (χ1) is 21.5. The maximum absolute atomic E-state index is 14.6. The molecule has 4 aromatic rings. The molecule has 0 spiro atoms. The topological polar surface area (TPSA) is 86.8 Å². The number of rotatable bonds is 13. The van der Waals surface area contributed by atoms with E-state index >= 15 is 0 Å². The summed E-state index contributed by atoms with van der Waals surface area (Å²) in [4.78, 5) is 30.0. The minimum atomic E-state index is -4.15. The van der Waals surface area contributed by atoms with Crippen molar-refractivity contribution in [3.8, 4) is 0 Å². The Hall–Kier alpha value is -4.43. The molecule has 0 radical (unpaired) electrons. The fourth-order valence-electron chi connectivity index (χ4n) is 5.27. The Morgan fingerprint density at radius 1 is 0.756 bits per heavy atom. The maximum atomic E-state index is 14.6. The van der Waals surface area contributed by atoms with Crippen LogP contribution in [0.2, 0.25) is 0 Å². The minimum absolute atomic E-state index is 0.0913. The molecule has 0 aliphatic carbocycles. The molecule has 8 heteroatoms. The van der Waals surface area contributed by atoms with E-state index < -0.39 is 28.5 Å². The predicted molar refractivity (Wildman–Crippen MR) is 181 cm³/mol. The number of aryl methyl sites for hydroxylation is 4. The third-order valence-electron chi connectivity index (χ3n) is 7.78. The monoisotopic (exact) mass is 625 g/mol. The highest BCUT2D eigenvalue weighted by Gasteiger charge is 2.35. The number of hydrogen-bond acceptors (Lipinski definition) is 4. The van der Waals surface area contributed by atoms with Gasteiger partial charge in [0, 0.05) is 19.5 Å². The van der Waals surface area contributed by atoms with Crippen LogP contribution in [-0.2, 0) is 32.6 Å². The molecule has 4 aromatic carbocycles. The Balaban J connectivity index is 1.83. The molecule has 0 aliphatic rings. The number of benzene rings is 4. The maximum Gasteiger partial charge on any atom is 0.264 e. The molecule has 0 aliphatic heterocycles. The highest BCUT2D eigenvalue weighted by molar-refractivity contribution is 7.92. The van der Waals surface area contributed by atoms with Gasteiger partial charge in [-0.25, -0.2) is 8.42 Å². The standard InChI is InChI=1S/C37H43N3O4S/c1-6-21-38-37(42)35(24-31-12-8-7-9-13-31)39(25-32-14-10-11-28(3)22-32)36(41)26-40(34-23-29(4)15-18-30(34)5)45(43,44)33-19-16-27(2)17-20-33/h7-20,22-23,35H,6,21,24-26H2,1-5H3,(H,38,42)/t35-/m0/s1. The van der Waals surface area contributed by atoms with E-state index in [9.17, 15) is 18.0 Å². The van der Waals surface area contributed by atoms with Crippen molar-refractivity contribution in [2.24, 2.45) is 0 Å². The van der Waals surface area contributed by atoms with E-state index in [1.54, 1.807) is 30.3 Å². The summed E-state index contributed by atoms with van der Waals surface area (Å²) in [5.74, 6) is -0.748. The molecule has 1 atom stereocenters. The van der Waals surface area contributed by atoms with Gasteiger partial charge < -0.3 is 10.2 Å². The number of amides is 2. The normalized spacial score (nSPS) is 11.9. The average molecular weight is 626 g/mol. The molecule has 0 heterocycles. The summed E-state index contributed by atoms with van der Waals surface area (Å²) in [6.45, 7) is 9.69. The molecule has 0 unspecified atom stereocenters. The largest absolute Gasteiger partial charge is 0.354 e. The molecule has 0 aromatic heterocycles. The summed E-state index contributed by atoms with van der Waals surface area (Å²) >= 11 is 0. The van der Waals surface area contributed by atoms with Crippen LogP contribution in [0.4, 0.5) is 5.69 Å². The highest BCUT2D eigenvalue weighted by atomic mass is 32.2. The van der Waals surface area contributed by atoms with Crippen LogP contribution >= 0.6 is 0 Å². The van der Waals surface area contributed by atoms with Crippen LogP contribution in [0, 0.1) is 27.7 Å². The Labute approximate surface area is 268 Å². The van der Waals surface area contributed by atoms with Crippen LogP contribution in [0.25, 0.3) is 0 Å². The number of carbonyl (C=O) groups excluding carboxylic acids is 2. The van der Waals surface area contributed by atoms with Gasteiger partial charge >= 0.3 is 0 Å². The van der Waals surface area contributed by atoms with Crippen LogP contribution in [0.1, 0.15) is 46.7 Å². The van der Waals surface area contributed by atoms with Crippen molar-refractivity contribution in [2.75, 3.05) is 17.4 Å². The lowest BCUT2D eigenvalue weighted by molar-refractivity contribution is -0.140. The summed E-state index contributed by atoms with van der Waals surface area (Å²) in [6, 6.07) is 28.7. The van der Waals surface area contributed by atoms with Gasteiger partial charge in [-0.2, -0.15) is 0 Å². The second kappa shape index (κ2) is 15.0. The van der Waals surface area contributed by atoms with Crippen LogP contribution in [0.15, 0.2) is 102 Å². The van der Waals surface area contributed by atoms with E-state index in [4.69, 9.17) is 0 Å². The van der Waals surface area contributed by atoms with Gasteiger partial charge in [0.25, 0.3) is 10.0 Å². The molecular weight excluding hydrogens is 582 g/mol. The van der Waals surface area contributed by atoms with Crippen molar-refractivity contribution in [3.63, 3.8) is 0 Å². The molecule has 0 saturated carbocycles. The van der Waals surface area contributed by atoms with Gasteiger partial charge in [-0.1, -0.05) is 96.9 Å². The van der Waals surface area contributed by atoms with E-state index in [2.05, 4.69) is 5.32 Å². The molecule has 0 saturated heterocycles. The van der Waals surface area contributed by atoms with Gasteiger partial charge in [0.05, 0.1) is 10.6 Å². The number of carbonyl (C=O) groups is 2. The minimum Gasteiger partial charge on any atom is -0.354 e. The SMILES string of the molecule is CCCNC(=O)[C@H](Cc1ccccc1)N(Cc1cccc(C)c1)C(=O)CN(c1cc(C)ccc1C)S(=O)(=O)c1ccc(C)cc1. The lowest BCUT2D eigenvalue weighted by Crippen LogP contribution is -2.53. The lowest BCUT2D eigenvalue weighted by Gasteiger charge is -2.34.